The van der Waals surface area contributed by atoms with E-state index in [4.69, 9.17) is 0 Å². The van der Waals surface area contributed by atoms with E-state index < -0.39 is 0 Å². The summed E-state index contributed by atoms with van der Waals surface area (Å²) in [5.74, 6) is 0.454. The molecule has 0 atom stereocenters. The summed E-state index contributed by atoms with van der Waals surface area (Å²) in [5.41, 5.74) is 2.77. The Labute approximate surface area is 169 Å². The molecule has 1 fully saturated rings. The van der Waals surface area contributed by atoms with Crippen LogP contribution in [-0.2, 0) is 6.54 Å². The van der Waals surface area contributed by atoms with E-state index in [2.05, 4.69) is 15.2 Å². The molecule has 4 rings (SSSR count). The lowest BCUT2D eigenvalue weighted by atomic mass is 10.2. The number of carbonyl (C=O) groups excluding carboxylic acids is 1. The molecule has 0 saturated carbocycles. The van der Waals surface area contributed by atoms with Crippen LogP contribution in [-0.4, -0.2) is 42.0 Å². The van der Waals surface area contributed by atoms with Gasteiger partial charge in [-0.15, -0.1) is 0 Å². The number of piperazine rings is 1. The molecule has 2 aromatic carbocycles. The first-order valence-corrected chi connectivity index (χ1v) is 9.73. The standard InChI is InChI=1S/C23H23FN4O/c24-20-6-8-21(9-7-20)27-12-14-28(15-13-27)23(29)19-10-11-25-22(16-19)26-17-18-4-2-1-3-5-18/h1-11,16H,12-15,17H2,(H,25,26). The molecule has 1 amide bonds. The zero-order chi connectivity index (χ0) is 20.1. The van der Waals surface area contributed by atoms with E-state index in [1.54, 1.807) is 30.5 Å². The lowest BCUT2D eigenvalue weighted by Gasteiger charge is -2.36. The van der Waals surface area contributed by atoms with Crippen LogP contribution in [0.15, 0.2) is 72.9 Å². The number of anilines is 2. The molecule has 0 aliphatic carbocycles. The molecule has 0 radical (unpaired) electrons. The van der Waals surface area contributed by atoms with Crippen LogP contribution in [0.1, 0.15) is 15.9 Å². The summed E-state index contributed by atoms with van der Waals surface area (Å²) in [5, 5.41) is 3.27. The second-order valence-corrected chi connectivity index (χ2v) is 7.02. The average Bonchev–Trinajstić information content (AvgIpc) is 2.79. The zero-order valence-corrected chi connectivity index (χ0v) is 16.1. The van der Waals surface area contributed by atoms with Gasteiger partial charge in [0.15, 0.2) is 0 Å². The Bertz CT molecular complexity index is 954. The number of nitrogens with zero attached hydrogens (tertiary/aromatic N) is 3. The van der Waals surface area contributed by atoms with E-state index in [-0.39, 0.29) is 11.7 Å². The summed E-state index contributed by atoms with van der Waals surface area (Å²) < 4.78 is 13.1. The number of carbonyl (C=O) groups is 1. The number of pyridine rings is 1. The van der Waals surface area contributed by atoms with Gasteiger partial charge in [0.1, 0.15) is 11.6 Å². The van der Waals surface area contributed by atoms with Gasteiger partial charge in [0.25, 0.3) is 5.91 Å². The number of amides is 1. The Hall–Kier alpha value is -3.41. The van der Waals surface area contributed by atoms with E-state index in [1.165, 1.54) is 12.1 Å². The largest absolute Gasteiger partial charge is 0.368 e. The van der Waals surface area contributed by atoms with Gasteiger partial charge in [-0.25, -0.2) is 9.37 Å². The molecule has 1 N–H and O–H groups in total. The summed E-state index contributed by atoms with van der Waals surface area (Å²) in [7, 11) is 0. The topological polar surface area (TPSA) is 48.5 Å². The minimum absolute atomic E-state index is 0.00826. The Morgan fingerprint density at radius 3 is 2.41 bits per heavy atom. The third kappa shape index (κ3) is 4.71. The average molecular weight is 390 g/mol. The van der Waals surface area contributed by atoms with E-state index >= 15 is 0 Å². The predicted octanol–water partition coefficient (Wildman–Crippen LogP) is 3.80. The van der Waals surface area contributed by atoms with Crippen LogP contribution in [0.3, 0.4) is 0 Å². The van der Waals surface area contributed by atoms with Gasteiger partial charge < -0.3 is 15.1 Å². The maximum absolute atomic E-state index is 13.1. The van der Waals surface area contributed by atoms with Crippen LogP contribution < -0.4 is 10.2 Å². The first kappa shape index (κ1) is 18.9. The van der Waals surface area contributed by atoms with Crippen molar-refractivity contribution in [1.29, 1.82) is 0 Å². The normalized spacial score (nSPS) is 14.0. The van der Waals surface area contributed by atoms with E-state index in [0.29, 0.717) is 31.0 Å². The van der Waals surface area contributed by atoms with Gasteiger partial charge in [-0.3, -0.25) is 4.79 Å². The second-order valence-electron chi connectivity index (χ2n) is 7.02. The highest BCUT2D eigenvalue weighted by Gasteiger charge is 2.22. The minimum atomic E-state index is -0.239. The molecule has 1 saturated heterocycles. The third-order valence-corrected chi connectivity index (χ3v) is 5.08. The molecule has 3 aromatic rings. The highest BCUT2D eigenvalue weighted by molar-refractivity contribution is 5.95. The minimum Gasteiger partial charge on any atom is -0.368 e. The fourth-order valence-electron chi connectivity index (χ4n) is 3.45. The smallest absolute Gasteiger partial charge is 0.254 e. The molecule has 1 aliphatic heterocycles. The van der Waals surface area contributed by atoms with Crippen LogP contribution in [0.4, 0.5) is 15.9 Å². The van der Waals surface area contributed by atoms with Crippen LogP contribution in [0, 0.1) is 5.82 Å². The molecule has 0 bridgehead atoms. The lowest BCUT2D eigenvalue weighted by molar-refractivity contribution is 0.0746. The zero-order valence-electron chi connectivity index (χ0n) is 16.1. The molecule has 148 valence electrons. The Morgan fingerprint density at radius 2 is 1.69 bits per heavy atom. The highest BCUT2D eigenvalue weighted by atomic mass is 19.1. The van der Waals surface area contributed by atoms with Crippen LogP contribution in [0.5, 0.6) is 0 Å². The fraction of sp³-hybridized carbons (Fsp3) is 0.217. The van der Waals surface area contributed by atoms with Gasteiger partial charge in [-0.2, -0.15) is 0 Å². The molecule has 6 heteroatoms. The summed E-state index contributed by atoms with van der Waals surface area (Å²) >= 11 is 0. The van der Waals surface area contributed by atoms with E-state index in [9.17, 15) is 9.18 Å². The molecular formula is C23H23FN4O. The summed E-state index contributed by atoms with van der Waals surface area (Å²) in [6.07, 6.45) is 1.66. The number of aromatic nitrogens is 1. The maximum Gasteiger partial charge on any atom is 0.254 e. The van der Waals surface area contributed by atoms with Gasteiger partial charge in [-0.1, -0.05) is 30.3 Å². The van der Waals surface area contributed by atoms with Crippen molar-refractivity contribution in [3.05, 3.63) is 89.9 Å². The molecule has 5 nitrogen and oxygen atoms in total. The Kier molecular flexibility index (Phi) is 5.70. The van der Waals surface area contributed by atoms with Gasteiger partial charge >= 0.3 is 0 Å². The summed E-state index contributed by atoms with van der Waals surface area (Å²) in [6.45, 7) is 3.36. The van der Waals surface area contributed by atoms with Crippen molar-refractivity contribution in [3.8, 4) is 0 Å². The lowest BCUT2D eigenvalue weighted by Crippen LogP contribution is -2.48. The Morgan fingerprint density at radius 1 is 0.966 bits per heavy atom. The van der Waals surface area contributed by atoms with Crippen LogP contribution in [0.2, 0.25) is 0 Å². The van der Waals surface area contributed by atoms with Gasteiger partial charge in [0.05, 0.1) is 0 Å². The highest BCUT2D eigenvalue weighted by Crippen LogP contribution is 2.18. The number of rotatable bonds is 5. The van der Waals surface area contributed by atoms with Gasteiger partial charge in [0, 0.05) is 50.2 Å². The molecule has 0 unspecified atom stereocenters. The monoisotopic (exact) mass is 390 g/mol. The third-order valence-electron chi connectivity index (χ3n) is 5.08. The molecule has 1 aliphatic rings. The first-order valence-electron chi connectivity index (χ1n) is 9.73. The number of nitrogens with one attached hydrogen (secondary N) is 1. The summed E-state index contributed by atoms with van der Waals surface area (Å²) in [6, 6.07) is 20.1. The molecule has 2 heterocycles. The van der Waals surface area contributed by atoms with E-state index in [1.807, 2.05) is 35.2 Å². The SMILES string of the molecule is O=C(c1ccnc(NCc2ccccc2)c1)N1CCN(c2ccc(F)cc2)CC1. The molecule has 0 spiro atoms. The quantitative estimate of drug-likeness (QED) is 0.720. The number of hydrogen-bond acceptors (Lipinski definition) is 4. The predicted molar refractivity (Wildman–Crippen MR) is 113 cm³/mol. The van der Waals surface area contributed by atoms with Gasteiger partial charge in [-0.05, 0) is 42.0 Å². The van der Waals surface area contributed by atoms with Gasteiger partial charge in [0.2, 0.25) is 0 Å². The maximum atomic E-state index is 13.1. The number of hydrogen-bond donors (Lipinski definition) is 1. The fourth-order valence-corrected chi connectivity index (χ4v) is 3.45. The van der Waals surface area contributed by atoms with Crippen molar-refractivity contribution in [2.45, 2.75) is 6.54 Å². The van der Waals surface area contributed by atoms with Crippen molar-refractivity contribution in [1.82, 2.24) is 9.88 Å². The van der Waals surface area contributed by atoms with E-state index in [0.717, 1.165) is 24.3 Å². The second kappa shape index (κ2) is 8.73. The van der Waals surface area contributed by atoms with Crippen molar-refractivity contribution in [2.75, 3.05) is 36.4 Å². The first-order chi connectivity index (χ1) is 14.2. The van der Waals surface area contributed by atoms with Crippen LogP contribution >= 0.6 is 0 Å². The summed E-state index contributed by atoms with van der Waals surface area (Å²) in [4.78, 5) is 21.3. The van der Waals surface area contributed by atoms with Crippen molar-refractivity contribution in [3.63, 3.8) is 0 Å². The Balaban J connectivity index is 1.35. The number of benzene rings is 2. The van der Waals surface area contributed by atoms with Crippen molar-refractivity contribution >= 4 is 17.4 Å². The van der Waals surface area contributed by atoms with Crippen molar-refractivity contribution in [2.24, 2.45) is 0 Å². The van der Waals surface area contributed by atoms with Crippen LogP contribution in [0.25, 0.3) is 0 Å². The van der Waals surface area contributed by atoms with Crippen molar-refractivity contribution < 1.29 is 9.18 Å². The molecular weight excluding hydrogens is 367 g/mol. The molecule has 1 aromatic heterocycles. The molecule has 29 heavy (non-hydrogen) atoms. The number of halogens is 1.